The first kappa shape index (κ1) is 13.9. The Morgan fingerprint density at radius 3 is 2.55 bits per heavy atom. The number of ether oxygens (including phenoxy) is 1. The van der Waals surface area contributed by atoms with E-state index in [1.165, 1.54) is 0 Å². The molecule has 0 N–H and O–H groups in total. The van der Waals surface area contributed by atoms with Gasteiger partial charge in [-0.2, -0.15) is 0 Å². The summed E-state index contributed by atoms with van der Waals surface area (Å²) in [6.07, 6.45) is 1.70. The van der Waals surface area contributed by atoms with Crippen LogP contribution in [0, 0.1) is 0 Å². The molecule has 0 atom stereocenters. The summed E-state index contributed by atoms with van der Waals surface area (Å²) in [5.74, 6) is 0.503. The van der Waals surface area contributed by atoms with Crippen molar-refractivity contribution < 1.29 is 9.53 Å². The number of ketones is 1. The van der Waals surface area contributed by atoms with Crippen LogP contribution in [0.2, 0.25) is 0 Å². The van der Waals surface area contributed by atoms with E-state index >= 15 is 0 Å². The highest BCUT2D eigenvalue weighted by Crippen LogP contribution is 2.18. The number of carbonyl (C=O) groups is 1. The second kappa shape index (κ2) is 6.18. The first-order chi connectivity index (χ1) is 10.8. The van der Waals surface area contributed by atoms with Crippen LogP contribution in [-0.2, 0) is 0 Å². The normalized spacial score (nSPS) is 10.2. The van der Waals surface area contributed by atoms with Crippen LogP contribution in [0.15, 0.2) is 66.9 Å². The number of pyridine rings is 2. The van der Waals surface area contributed by atoms with Crippen LogP contribution in [0.5, 0.6) is 5.75 Å². The number of rotatable bonds is 4. The molecule has 22 heavy (non-hydrogen) atoms. The highest BCUT2D eigenvalue weighted by Gasteiger charge is 2.12. The minimum Gasteiger partial charge on any atom is -0.497 e. The summed E-state index contributed by atoms with van der Waals surface area (Å²) in [7, 11) is 1.57. The van der Waals surface area contributed by atoms with Crippen LogP contribution in [0.1, 0.15) is 16.1 Å². The minimum atomic E-state index is -0.142. The molecule has 0 aliphatic heterocycles. The van der Waals surface area contributed by atoms with Gasteiger partial charge in [-0.05, 0) is 36.4 Å². The van der Waals surface area contributed by atoms with Gasteiger partial charge in [-0.25, -0.2) is 4.98 Å². The molecule has 4 nitrogen and oxygen atoms in total. The zero-order valence-electron chi connectivity index (χ0n) is 12.1. The number of nitrogens with zero attached hydrogens (tertiary/aromatic N) is 2. The van der Waals surface area contributed by atoms with Gasteiger partial charge >= 0.3 is 0 Å². The lowest BCUT2D eigenvalue weighted by Gasteiger charge is -2.05. The average Bonchev–Trinajstić information content (AvgIpc) is 2.62. The summed E-state index contributed by atoms with van der Waals surface area (Å²) in [6.45, 7) is 0. The maximum atomic E-state index is 12.6. The number of methoxy groups -OCH3 is 1. The van der Waals surface area contributed by atoms with Crippen molar-refractivity contribution in [3.05, 3.63) is 78.1 Å². The fraction of sp³-hybridized carbons (Fsp3) is 0.0556. The quantitative estimate of drug-likeness (QED) is 0.691. The SMILES string of the molecule is COc1cccc(C(=O)c2cccc(-c3ccccn3)n2)c1. The van der Waals surface area contributed by atoms with Gasteiger partial charge in [-0.15, -0.1) is 0 Å². The highest BCUT2D eigenvalue weighted by atomic mass is 16.5. The Labute approximate surface area is 128 Å². The summed E-state index contributed by atoms with van der Waals surface area (Å²) in [4.78, 5) is 21.2. The van der Waals surface area contributed by atoms with E-state index in [1.54, 1.807) is 43.6 Å². The second-order valence-corrected chi connectivity index (χ2v) is 4.68. The van der Waals surface area contributed by atoms with Crippen LogP contribution < -0.4 is 4.74 Å². The van der Waals surface area contributed by atoms with Gasteiger partial charge in [0.2, 0.25) is 5.78 Å². The van der Waals surface area contributed by atoms with Crippen LogP contribution in [0.3, 0.4) is 0 Å². The van der Waals surface area contributed by atoms with Gasteiger partial charge in [0.25, 0.3) is 0 Å². The van der Waals surface area contributed by atoms with E-state index in [9.17, 15) is 4.79 Å². The topological polar surface area (TPSA) is 52.1 Å². The number of aromatic nitrogens is 2. The summed E-state index contributed by atoms with van der Waals surface area (Å²) in [6, 6.07) is 18.0. The van der Waals surface area contributed by atoms with Gasteiger partial charge in [0.15, 0.2) is 0 Å². The summed E-state index contributed by atoms with van der Waals surface area (Å²) >= 11 is 0. The number of benzene rings is 1. The third-order valence-electron chi connectivity index (χ3n) is 3.24. The largest absolute Gasteiger partial charge is 0.497 e. The van der Waals surface area contributed by atoms with Gasteiger partial charge in [0.05, 0.1) is 18.5 Å². The molecule has 0 aliphatic carbocycles. The van der Waals surface area contributed by atoms with Gasteiger partial charge in [-0.3, -0.25) is 9.78 Å². The predicted molar refractivity (Wildman–Crippen MR) is 83.9 cm³/mol. The van der Waals surface area contributed by atoms with Crippen molar-refractivity contribution in [2.24, 2.45) is 0 Å². The van der Waals surface area contributed by atoms with Crippen molar-refractivity contribution in [1.29, 1.82) is 0 Å². The standard InChI is InChI=1S/C18H14N2O2/c1-22-14-7-4-6-13(12-14)18(21)17-10-5-9-16(20-17)15-8-2-3-11-19-15/h2-12H,1H3. The Morgan fingerprint density at radius 1 is 0.955 bits per heavy atom. The number of hydrogen-bond acceptors (Lipinski definition) is 4. The van der Waals surface area contributed by atoms with E-state index in [0.717, 1.165) is 5.69 Å². The molecular weight excluding hydrogens is 276 g/mol. The number of carbonyl (C=O) groups excluding carboxylic acids is 1. The van der Waals surface area contributed by atoms with E-state index in [4.69, 9.17) is 4.74 Å². The Morgan fingerprint density at radius 2 is 1.77 bits per heavy atom. The lowest BCUT2D eigenvalue weighted by atomic mass is 10.1. The third kappa shape index (κ3) is 2.86. The maximum absolute atomic E-state index is 12.6. The van der Waals surface area contributed by atoms with Crippen LogP contribution >= 0.6 is 0 Å². The Kier molecular flexibility index (Phi) is 3.92. The lowest BCUT2D eigenvalue weighted by Crippen LogP contribution is -2.05. The maximum Gasteiger partial charge on any atom is 0.211 e. The monoisotopic (exact) mass is 290 g/mol. The lowest BCUT2D eigenvalue weighted by molar-refractivity contribution is 0.103. The molecule has 3 rings (SSSR count). The van der Waals surface area contributed by atoms with E-state index in [1.807, 2.05) is 30.3 Å². The van der Waals surface area contributed by atoms with Crippen molar-refractivity contribution in [3.8, 4) is 17.1 Å². The molecule has 108 valence electrons. The summed E-state index contributed by atoms with van der Waals surface area (Å²) in [5.41, 5.74) is 2.35. The molecule has 0 saturated carbocycles. The summed E-state index contributed by atoms with van der Waals surface area (Å²) in [5, 5.41) is 0. The highest BCUT2D eigenvalue weighted by molar-refractivity contribution is 6.08. The molecule has 1 aromatic carbocycles. The Hall–Kier alpha value is -3.01. The molecule has 0 radical (unpaired) electrons. The van der Waals surface area contributed by atoms with Crippen LogP contribution in [0.25, 0.3) is 11.4 Å². The van der Waals surface area contributed by atoms with Crippen molar-refractivity contribution in [3.63, 3.8) is 0 Å². The molecule has 0 unspecified atom stereocenters. The van der Waals surface area contributed by atoms with Crippen LogP contribution in [-0.4, -0.2) is 22.9 Å². The van der Waals surface area contributed by atoms with E-state index in [-0.39, 0.29) is 5.78 Å². The predicted octanol–water partition coefficient (Wildman–Crippen LogP) is 3.38. The van der Waals surface area contributed by atoms with E-state index in [0.29, 0.717) is 22.7 Å². The molecule has 3 aromatic rings. The molecule has 0 aliphatic rings. The molecule has 0 bridgehead atoms. The first-order valence-electron chi connectivity index (χ1n) is 6.85. The summed E-state index contributed by atoms with van der Waals surface area (Å²) < 4.78 is 5.15. The molecule has 2 aromatic heterocycles. The zero-order chi connectivity index (χ0) is 15.4. The zero-order valence-corrected chi connectivity index (χ0v) is 12.1. The molecular formula is C18H14N2O2. The number of hydrogen-bond donors (Lipinski definition) is 0. The molecule has 4 heteroatoms. The van der Waals surface area contributed by atoms with Crippen molar-refractivity contribution >= 4 is 5.78 Å². The molecule has 0 fully saturated rings. The van der Waals surface area contributed by atoms with Crippen molar-refractivity contribution in [2.45, 2.75) is 0 Å². The molecule has 0 spiro atoms. The molecule has 2 heterocycles. The fourth-order valence-corrected chi connectivity index (χ4v) is 2.13. The van der Waals surface area contributed by atoms with Crippen LogP contribution in [0.4, 0.5) is 0 Å². The molecule has 0 saturated heterocycles. The van der Waals surface area contributed by atoms with Gasteiger partial charge < -0.3 is 4.74 Å². The van der Waals surface area contributed by atoms with Gasteiger partial charge in [0, 0.05) is 11.8 Å². The second-order valence-electron chi connectivity index (χ2n) is 4.68. The van der Waals surface area contributed by atoms with E-state index < -0.39 is 0 Å². The smallest absolute Gasteiger partial charge is 0.211 e. The van der Waals surface area contributed by atoms with Crippen molar-refractivity contribution in [2.75, 3.05) is 7.11 Å². The van der Waals surface area contributed by atoms with Gasteiger partial charge in [-0.1, -0.05) is 24.3 Å². The minimum absolute atomic E-state index is 0.142. The van der Waals surface area contributed by atoms with E-state index in [2.05, 4.69) is 9.97 Å². The van der Waals surface area contributed by atoms with Crippen molar-refractivity contribution in [1.82, 2.24) is 9.97 Å². The molecule has 0 amide bonds. The fourth-order valence-electron chi connectivity index (χ4n) is 2.13. The van der Waals surface area contributed by atoms with Gasteiger partial charge in [0.1, 0.15) is 11.4 Å². The third-order valence-corrected chi connectivity index (χ3v) is 3.24. The Balaban J connectivity index is 1.96. The first-order valence-corrected chi connectivity index (χ1v) is 6.85. The average molecular weight is 290 g/mol. The Bertz CT molecular complexity index is 801.